The lowest BCUT2D eigenvalue weighted by atomic mass is 10.2. The molecule has 0 bridgehead atoms. The Morgan fingerprint density at radius 1 is 1.47 bits per heavy atom. The molecule has 7 heteroatoms. The van der Waals surface area contributed by atoms with Gasteiger partial charge in [-0.2, -0.15) is 0 Å². The third-order valence-electron chi connectivity index (χ3n) is 1.78. The van der Waals surface area contributed by atoms with Crippen LogP contribution in [0.5, 0.6) is 0 Å². The van der Waals surface area contributed by atoms with Crippen LogP contribution < -0.4 is 0 Å². The molecule has 2 N–H and O–H groups in total. The number of nitrogens with zero attached hydrogens (tertiary/aromatic N) is 1. The van der Waals surface area contributed by atoms with E-state index >= 15 is 0 Å². The van der Waals surface area contributed by atoms with E-state index in [1.807, 2.05) is 0 Å². The largest absolute Gasteiger partial charge is 0.481 e. The zero-order valence-corrected chi connectivity index (χ0v) is 9.70. The minimum atomic E-state index is -3.02. The maximum absolute atomic E-state index is 10.8. The average molecular weight is 239 g/mol. The monoisotopic (exact) mass is 239 g/mol. The van der Waals surface area contributed by atoms with Crippen LogP contribution in [0.15, 0.2) is 0 Å². The summed E-state index contributed by atoms with van der Waals surface area (Å²) in [7, 11) is -1.38. The Kier molecular flexibility index (Phi) is 5.77. The van der Waals surface area contributed by atoms with Gasteiger partial charge >= 0.3 is 5.97 Å². The van der Waals surface area contributed by atoms with Crippen molar-refractivity contribution < 1.29 is 23.4 Å². The van der Waals surface area contributed by atoms with Crippen molar-refractivity contribution in [1.82, 2.24) is 4.90 Å². The number of aliphatic hydroxyl groups excluding tert-OH is 1. The number of carboxylic acid groups (broad SMARTS) is 1. The molecule has 0 fully saturated rings. The molecule has 6 nitrogen and oxygen atoms in total. The molecular weight excluding hydrogens is 222 g/mol. The number of carboxylic acids is 1. The van der Waals surface area contributed by atoms with Crippen LogP contribution in [0.1, 0.15) is 6.42 Å². The summed E-state index contributed by atoms with van der Waals surface area (Å²) in [5.41, 5.74) is 0. The Morgan fingerprint density at radius 2 is 2.00 bits per heavy atom. The highest BCUT2D eigenvalue weighted by Crippen LogP contribution is 1.96. The van der Waals surface area contributed by atoms with Crippen LogP contribution >= 0.6 is 0 Å². The van der Waals surface area contributed by atoms with Crippen LogP contribution in [0.25, 0.3) is 0 Å². The van der Waals surface area contributed by atoms with Crippen molar-refractivity contribution in [2.24, 2.45) is 0 Å². The standard InChI is InChI=1S/C8H17NO5S/c1-9(3-4-15(2,13)14)6-7(10)5-8(11)12/h7,10H,3-6H2,1-2H3,(H,11,12). The number of aliphatic carboxylic acids is 1. The zero-order valence-electron chi connectivity index (χ0n) is 8.88. The Balaban J connectivity index is 3.83. The lowest BCUT2D eigenvalue weighted by Gasteiger charge is -2.18. The first kappa shape index (κ1) is 14.3. The summed E-state index contributed by atoms with van der Waals surface area (Å²) in [4.78, 5) is 11.8. The van der Waals surface area contributed by atoms with Crippen LogP contribution in [-0.2, 0) is 14.6 Å². The average Bonchev–Trinajstić information content (AvgIpc) is 1.97. The van der Waals surface area contributed by atoms with Gasteiger partial charge in [-0.05, 0) is 7.05 Å². The van der Waals surface area contributed by atoms with Crippen LogP contribution in [0.3, 0.4) is 0 Å². The third-order valence-corrected chi connectivity index (χ3v) is 2.70. The molecule has 0 amide bonds. The van der Waals surface area contributed by atoms with Gasteiger partial charge in [-0.15, -0.1) is 0 Å². The fourth-order valence-electron chi connectivity index (χ4n) is 1.04. The van der Waals surface area contributed by atoms with E-state index in [9.17, 15) is 18.3 Å². The van der Waals surface area contributed by atoms with E-state index in [2.05, 4.69) is 0 Å². The highest BCUT2D eigenvalue weighted by Gasteiger charge is 2.13. The fourth-order valence-corrected chi connectivity index (χ4v) is 1.68. The minimum Gasteiger partial charge on any atom is -0.481 e. The molecule has 0 aliphatic heterocycles. The van der Waals surface area contributed by atoms with Crippen molar-refractivity contribution in [1.29, 1.82) is 0 Å². The zero-order chi connectivity index (χ0) is 12.1. The van der Waals surface area contributed by atoms with Crippen LogP contribution in [0.2, 0.25) is 0 Å². The first-order chi connectivity index (χ1) is 6.70. The summed E-state index contributed by atoms with van der Waals surface area (Å²) in [5.74, 6) is -1.07. The number of hydrogen-bond acceptors (Lipinski definition) is 5. The van der Waals surface area contributed by atoms with Gasteiger partial charge in [0.2, 0.25) is 0 Å². The molecule has 0 rings (SSSR count). The second-order valence-electron chi connectivity index (χ2n) is 3.64. The highest BCUT2D eigenvalue weighted by molar-refractivity contribution is 7.90. The molecule has 0 aromatic carbocycles. The van der Waals surface area contributed by atoms with E-state index in [1.165, 1.54) is 0 Å². The van der Waals surface area contributed by atoms with E-state index in [0.717, 1.165) is 6.26 Å². The maximum atomic E-state index is 10.8. The molecule has 15 heavy (non-hydrogen) atoms. The third kappa shape index (κ3) is 9.64. The molecule has 0 spiro atoms. The number of hydrogen-bond donors (Lipinski definition) is 2. The second-order valence-corrected chi connectivity index (χ2v) is 5.90. The quantitative estimate of drug-likeness (QED) is 0.579. The smallest absolute Gasteiger partial charge is 0.306 e. The van der Waals surface area contributed by atoms with Crippen molar-refractivity contribution in [2.75, 3.05) is 32.1 Å². The Hall–Kier alpha value is -0.660. The van der Waals surface area contributed by atoms with Gasteiger partial charge in [0, 0.05) is 19.3 Å². The summed E-state index contributed by atoms with van der Waals surface area (Å²) >= 11 is 0. The summed E-state index contributed by atoms with van der Waals surface area (Å²) in [5, 5.41) is 17.6. The van der Waals surface area contributed by atoms with Gasteiger partial charge in [-0.25, -0.2) is 8.42 Å². The molecule has 1 unspecified atom stereocenters. The predicted octanol–water partition coefficient (Wildman–Crippen LogP) is -1.20. The molecular formula is C8H17NO5S. The molecule has 0 aliphatic rings. The van der Waals surface area contributed by atoms with Crippen molar-refractivity contribution in [3.63, 3.8) is 0 Å². The van der Waals surface area contributed by atoms with Crippen LogP contribution in [0.4, 0.5) is 0 Å². The van der Waals surface area contributed by atoms with Crippen LogP contribution in [0, 0.1) is 0 Å². The molecule has 0 heterocycles. The molecule has 0 aliphatic carbocycles. The van der Waals surface area contributed by atoms with E-state index < -0.39 is 21.9 Å². The van der Waals surface area contributed by atoms with Crippen molar-refractivity contribution in [3.05, 3.63) is 0 Å². The molecule has 90 valence electrons. The topological polar surface area (TPSA) is 94.9 Å². The molecule has 0 saturated heterocycles. The molecule has 0 saturated carbocycles. The Bertz CT molecular complexity index is 300. The number of aliphatic hydroxyl groups is 1. The molecule has 1 atom stereocenters. The van der Waals surface area contributed by atoms with Gasteiger partial charge in [0.1, 0.15) is 9.84 Å². The molecule has 0 aromatic heterocycles. The molecule has 0 aromatic rings. The van der Waals surface area contributed by atoms with E-state index in [-0.39, 0.29) is 25.3 Å². The minimum absolute atomic E-state index is 0.00327. The normalized spacial score (nSPS) is 14.1. The van der Waals surface area contributed by atoms with Gasteiger partial charge in [-0.3, -0.25) is 4.79 Å². The predicted molar refractivity (Wildman–Crippen MR) is 55.5 cm³/mol. The van der Waals surface area contributed by atoms with E-state index in [1.54, 1.807) is 11.9 Å². The van der Waals surface area contributed by atoms with Gasteiger partial charge in [0.25, 0.3) is 0 Å². The summed E-state index contributed by atoms with van der Waals surface area (Å²) < 4.78 is 21.6. The van der Waals surface area contributed by atoms with Gasteiger partial charge in [-0.1, -0.05) is 0 Å². The van der Waals surface area contributed by atoms with E-state index in [0.29, 0.717) is 0 Å². The summed E-state index contributed by atoms with van der Waals surface area (Å²) in [6.07, 6.45) is -0.162. The summed E-state index contributed by atoms with van der Waals surface area (Å²) in [6, 6.07) is 0. The Morgan fingerprint density at radius 3 is 2.40 bits per heavy atom. The van der Waals surface area contributed by atoms with E-state index in [4.69, 9.17) is 5.11 Å². The SMILES string of the molecule is CN(CCS(C)(=O)=O)CC(O)CC(=O)O. The Labute approximate surface area is 89.4 Å². The second kappa shape index (κ2) is 6.04. The number of likely N-dealkylation sites (N-methyl/N-ethyl adjacent to an activating group) is 1. The highest BCUT2D eigenvalue weighted by atomic mass is 32.2. The van der Waals surface area contributed by atoms with Crippen molar-refractivity contribution in [3.8, 4) is 0 Å². The van der Waals surface area contributed by atoms with Crippen molar-refractivity contribution in [2.45, 2.75) is 12.5 Å². The number of sulfone groups is 1. The van der Waals surface area contributed by atoms with Crippen molar-refractivity contribution >= 4 is 15.8 Å². The number of rotatable bonds is 7. The lowest BCUT2D eigenvalue weighted by Crippen LogP contribution is -2.33. The molecule has 0 radical (unpaired) electrons. The lowest BCUT2D eigenvalue weighted by molar-refractivity contribution is -0.139. The maximum Gasteiger partial charge on any atom is 0.306 e. The van der Waals surface area contributed by atoms with Gasteiger partial charge < -0.3 is 15.1 Å². The first-order valence-corrected chi connectivity index (χ1v) is 6.53. The first-order valence-electron chi connectivity index (χ1n) is 4.47. The van der Waals surface area contributed by atoms with Gasteiger partial charge in [0.15, 0.2) is 0 Å². The summed E-state index contributed by atoms with van der Waals surface area (Å²) in [6.45, 7) is 0.442. The van der Waals surface area contributed by atoms with Gasteiger partial charge in [0.05, 0.1) is 18.3 Å². The number of carbonyl (C=O) groups is 1. The van der Waals surface area contributed by atoms with Crippen LogP contribution in [-0.4, -0.2) is 67.7 Å². The fraction of sp³-hybridized carbons (Fsp3) is 0.875.